The molecular formula is C22H21N5O3S. The summed E-state index contributed by atoms with van der Waals surface area (Å²) in [6.07, 6.45) is 0.951. The van der Waals surface area contributed by atoms with E-state index in [1.54, 1.807) is 30.7 Å². The predicted octanol–water partition coefficient (Wildman–Crippen LogP) is 4.88. The molecule has 1 N–H and O–H groups in total. The molecule has 9 heteroatoms. The summed E-state index contributed by atoms with van der Waals surface area (Å²) in [5.74, 6) is -0.233. The van der Waals surface area contributed by atoms with Crippen LogP contribution in [0.15, 0.2) is 42.5 Å². The lowest BCUT2D eigenvalue weighted by atomic mass is 10.1. The summed E-state index contributed by atoms with van der Waals surface area (Å²) in [6, 6.07) is 13.2. The largest absolute Gasteiger partial charge is 0.312 e. The van der Waals surface area contributed by atoms with Crippen molar-refractivity contribution in [2.24, 2.45) is 0 Å². The number of carbonyl (C=O) groups is 1. The highest BCUT2D eigenvalue weighted by Gasteiger charge is 2.21. The van der Waals surface area contributed by atoms with E-state index >= 15 is 0 Å². The highest BCUT2D eigenvalue weighted by molar-refractivity contribution is 7.22. The minimum atomic E-state index is -0.410. The number of nitrogens with one attached hydrogen (secondary N) is 1. The Kier molecular flexibility index (Phi) is 5.51. The van der Waals surface area contributed by atoms with Crippen LogP contribution in [0.4, 0.5) is 10.8 Å². The van der Waals surface area contributed by atoms with Crippen LogP contribution in [0.3, 0.4) is 0 Å². The summed E-state index contributed by atoms with van der Waals surface area (Å²) in [7, 11) is 0. The number of nitro groups is 1. The summed E-state index contributed by atoms with van der Waals surface area (Å²) in [5.41, 5.74) is 4.44. The lowest BCUT2D eigenvalue weighted by Crippen LogP contribution is -2.12. The molecule has 0 radical (unpaired) electrons. The molecular weight excluding hydrogens is 414 g/mol. The first kappa shape index (κ1) is 20.7. The van der Waals surface area contributed by atoms with E-state index < -0.39 is 4.92 Å². The van der Waals surface area contributed by atoms with Gasteiger partial charge in [-0.2, -0.15) is 5.10 Å². The van der Waals surface area contributed by atoms with E-state index in [2.05, 4.69) is 28.4 Å². The lowest BCUT2D eigenvalue weighted by molar-refractivity contribution is -0.386. The number of hydrogen-bond acceptors (Lipinski definition) is 6. The number of carbonyl (C=O) groups excluding carboxylic acids is 1. The Bertz CT molecular complexity index is 1290. The standard InChI is InChI=1S/C22H21N5O3S/c1-4-15-7-10-18-19(11-15)31-22(23-18)24-21(28)17-8-5-16(6-9-17)12-26-14(3)20(27(29)30)13(2)25-26/h5-11H,4,12H2,1-3H3,(H,23,24,28). The van der Waals surface area contributed by atoms with Crippen LogP contribution in [-0.2, 0) is 13.0 Å². The molecule has 0 aliphatic carbocycles. The van der Waals surface area contributed by atoms with Gasteiger partial charge in [0, 0.05) is 5.56 Å². The van der Waals surface area contributed by atoms with E-state index in [9.17, 15) is 14.9 Å². The molecule has 4 aromatic rings. The number of fused-ring (bicyclic) bond motifs is 1. The van der Waals surface area contributed by atoms with Crippen molar-refractivity contribution in [3.05, 3.63) is 80.7 Å². The van der Waals surface area contributed by atoms with Crippen molar-refractivity contribution in [3.63, 3.8) is 0 Å². The summed E-state index contributed by atoms with van der Waals surface area (Å²) in [4.78, 5) is 27.9. The first-order chi connectivity index (χ1) is 14.9. The maximum atomic E-state index is 12.6. The molecule has 31 heavy (non-hydrogen) atoms. The second-order valence-electron chi connectivity index (χ2n) is 7.26. The van der Waals surface area contributed by atoms with Gasteiger partial charge in [0.2, 0.25) is 0 Å². The van der Waals surface area contributed by atoms with Crippen LogP contribution < -0.4 is 5.32 Å². The zero-order chi connectivity index (χ0) is 22.1. The van der Waals surface area contributed by atoms with Crippen LogP contribution in [0, 0.1) is 24.0 Å². The maximum Gasteiger partial charge on any atom is 0.312 e. The Morgan fingerprint density at radius 1 is 1.16 bits per heavy atom. The fraction of sp³-hybridized carbons (Fsp3) is 0.227. The van der Waals surface area contributed by atoms with Gasteiger partial charge in [-0.3, -0.25) is 24.9 Å². The molecule has 0 aliphatic heterocycles. The van der Waals surface area contributed by atoms with Crippen molar-refractivity contribution < 1.29 is 9.72 Å². The van der Waals surface area contributed by atoms with Gasteiger partial charge in [0.05, 0.1) is 21.7 Å². The minimum Gasteiger partial charge on any atom is -0.298 e. The van der Waals surface area contributed by atoms with Crippen LogP contribution in [-0.4, -0.2) is 25.6 Å². The molecule has 8 nitrogen and oxygen atoms in total. The van der Waals surface area contributed by atoms with Crippen LogP contribution in [0.25, 0.3) is 10.2 Å². The van der Waals surface area contributed by atoms with Crippen LogP contribution in [0.1, 0.15) is 39.8 Å². The predicted molar refractivity (Wildman–Crippen MR) is 121 cm³/mol. The van der Waals surface area contributed by atoms with Crippen LogP contribution in [0.2, 0.25) is 0 Å². The van der Waals surface area contributed by atoms with Gasteiger partial charge in [0.1, 0.15) is 11.4 Å². The number of rotatable bonds is 6. The number of thiazole rings is 1. The number of nitrogens with zero attached hydrogens (tertiary/aromatic N) is 4. The van der Waals surface area contributed by atoms with Crippen molar-refractivity contribution >= 4 is 38.3 Å². The van der Waals surface area contributed by atoms with E-state index in [1.165, 1.54) is 16.9 Å². The highest BCUT2D eigenvalue weighted by Crippen LogP contribution is 2.27. The molecule has 158 valence electrons. The molecule has 0 saturated carbocycles. The van der Waals surface area contributed by atoms with Crippen molar-refractivity contribution in [3.8, 4) is 0 Å². The summed E-state index contributed by atoms with van der Waals surface area (Å²) in [6.45, 7) is 5.80. The Balaban J connectivity index is 1.47. The van der Waals surface area contributed by atoms with E-state index in [0.29, 0.717) is 28.6 Å². The summed E-state index contributed by atoms with van der Waals surface area (Å²) < 4.78 is 2.65. The quantitative estimate of drug-likeness (QED) is 0.343. The molecule has 1 amide bonds. The first-order valence-corrected chi connectivity index (χ1v) is 10.7. The van der Waals surface area contributed by atoms with E-state index in [4.69, 9.17) is 0 Å². The normalized spacial score (nSPS) is 11.1. The topological polar surface area (TPSA) is 103 Å². The molecule has 0 aliphatic rings. The lowest BCUT2D eigenvalue weighted by Gasteiger charge is -2.06. The number of benzene rings is 2. The molecule has 0 saturated heterocycles. The zero-order valence-electron chi connectivity index (χ0n) is 17.4. The Hall–Kier alpha value is -3.59. The third kappa shape index (κ3) is 4.17. The second kappa shape index (κ2) is 8.27. The number of aromatic nitrogens is 3. The molecule has 0 bridgehead atoms. The van der Waals surface area contributed by atoms with Gasteiger partial charge in [0.15, 0.2) is 5.13 Å². The van der Waals surface area contributed by atoms with Crippen molar-refractivity contribution in [2.45, 2.75) is 33.7 Å². The molecule has 2 aromatic carbocycles. The minimum absolute atomic E-state index is 0.0397. The number of amides is 1. The molecule has 0 spiro atoms. The second-order valence-corrected chi connectivity index (χ2v) is 8.29. The fourth-order valence-corrected chi connectivity index (χ4v) is 4.38. The van der Waals surface area contributed by atoms with Gasteiger partial charge in [-0.25, -0.2) is 4.98 Å². The molecule has 4 rings (SSSR count). The smallest absolute Gasteiger partial charge is 0.298 e. The van der Waals surface area contributed by atoms with Crippen molar-refractivity contribution in [2.75, 3.05) is 5.32 Å². The van der Waals surface area contributed by atoms with Gasteiger partial charge >= 0.3 is 5.69 Å². The van der Waals surface area contributed by atoms with Crippen molar-refractivity contribution in [1.82, 2.24) is 14.8 Å². The third-order valence-electron chi connectivity index (χ3n) is 5.16. The number of anilines is 1. The Morgan fingerprint density at radius 3 is 2.52 bits per heavy atom. The van der Waals surface area contributed by atoms with Gasteiger partial charge in [-0.05, 0) is 55.7 Å². The Morgan fingerprint density at radius 2 is 1.87 bits per heavy atom. The molecule has 0 fully saturated rings. The van der Waals surface area contributed by atoms with Gasteiger partial charge in [0.25, 0.3) is 5.91 Å². The highest BCUT2D eigenvalue weighted by atomic mass is 32.1. The average molecular weight is 436 g/mol. The van der Waals surface area contributed by atoms with Crippen molar-refractivity contribution in [1.29, 1.82) is 0 Å². The maximum absolute atomic E-state index is 12.6. The number of hydrogen-bond donors (Lipinski definition) is 1. The molecule has 0 unspecified atom stereocenters. The fourth-order valence-electron chi connectivity index (χ4n) is 3.45. The zero-order valence-corrected chi connectivity index (χ0v) is 18.2. The van der Waals surface area contributed by atoms with Gasteiger partial charge < -0.3 is 0 Å². The molecule has 0 atom stereocenters. The van der Waals surface area contributed by atoms with Gasteiger partial charge in [-0.1, -0.05) is 36.5 Å². The SMILES string of the molecule is CCc1ccc2nc(NC(=O)c3ccc(Cn4nc(C)c([N+](=O)[O-])c4C)cc3)sc2c1. The average Bonchev–Trinajstić information content (AvgIpc) is 3.26. The van der Waals surface area contributed by atoms with E-state index in [1.807, 2.05) is 24.3 Å². The van der Waals surface area contributed by atoms with E-state index in [-0.39, 0.29) is 11.6 Å². The monoisotopic (exact) mass is 435 g/mol. The Labute approximate surface area is 182 Å². The molecule has 2 aromatic heterocycles. The molecule has 2 heterocycles. The van der Waals surface area contributed by atoms with Crippen LogP contribution >= 0.6 is 11.3 Å². The van der Waals surface area contributed by atoms with Crippen LogP contribution in [0.5, 0.6) is 0 Å². The van der Waals surface area contributed by atoms with Gasteiger partial charge in [-0.15, -0.1) is 0 Å². The summed E-state index contributed by atoms with van der Waals surface area (Å²) in [5, 5.41) is 18.9. The third-order valence-corrected chi connectivity index (χ3v) is 6.09. The number of aryl methyl sites for hydroxylation is 2. The van der Waals surface area contributed by atoms with E-state index in [0.717, 1.165) is 22.2 Å². The summed E-state index contributed by atoms with van der Waals surface area (Å²) >= 11 is 1.45. The first-order valence-electron chi connectivity index (χ1n) is 9.84.